The summed E-state index contributed by atoms with van der Waals surface area (Å²) in [4.78, 5) is 42.4. The highest BCUT2D eigenvalue weighted by Crippen LogP contribution is 2.43. The van der Waals surface area contributed by atoms with Crippen LogP contribution < -0.4 is 5.32 Å². The lowest BCUT2D eigenvalue weighted by atomic mass is 9.89. The van der Waals surface area contributed by atoms with Crippen LogP contribution in [-0.2, 0) is 53.0 Å². The summed E-state index contributed by atoms with van der Waals surface area (Å²) in [5, 5.41) is 12.2. The van der Waals surface area contributed by atoms with Gasteiger partial charge in [0.25, 0.3) is 5.91 Å². The number of likely N-dealkylation sites (tertiary alicyclic amines) is 2. The Morgan fingerprint density at radius 2 is 1.53 bits per heavy atom. The standard InChI is InChI=1S/C45H49N3O9/c1-30-39(27-47-19-17-45(18-20-47)54-21-22-55-45)56-43(57-41(30)34-15-13-31(28-49)14-16-34)37-12-6-11-36(24-37)35-10-5-9-33(23-35)26-48-40(50)25-38(42(48)51)46-44(52)53-29-32-7-3-2-4-8-32/h2-16,23-24,30,38-39,41,43,49H,17-22,25-29H2,1H3,(H,46,52). The predicted octanol–water partition coefficient (Wildman–Crippen LogP) is 6.03. The molecule has 4 aliphatic heterocycles. The van der Waals surface area contributed by atoms with Crippen molar-refractivity contribution in [2.75, 3.05) is 32.8 Å². The average molecular weight is 776 g/mol. The van der Waals surface area contributed by atoms with Crippen LogP contribution in [0.25, 0.3) is 11.1 Å². The predicted molar refractivity (Wildman–Crippen MR) is 209 cm³/mol. The minimum atomic E-state index is -0.985. The first-order valence-corrected chi connectivity index (χ1v) is 19.8. The zero-order valence-corrected chi connectivity index (χ0v) is 32.1. The van der Waals surface area contributed by atoms with Crippen LogP contribution >= 0.6 is 0 Å². The zero-order chi connectivity index (χ0) is 39.4. The number of imide groups is 1. The van der Waals surface area contributed by atoms with Crippen molar-refractivity contribution in [1.82, 2.24) is 15.1 Å². The van der Waals surface area contributed by atoms with E-state index in [0.29, 0.717) is 13.2 Å². The number of alkyl carbamates (subject to hydrolysis) is 1. The third kappa shape index (κ3) is 8.96. The molecule has 0 radical (unpaired) electrons. The van der Waals surface area contributed by atoms with Crippen LogP contribution in [0, 0.1) is 5.92 Å². The lowest BCUT2D eigenvalue weighted by molar-refractivity contribution is -0.278. The first-order chi connectivity index (χ1) is 27.8. The number of piperidine rings is 1. The summed E-state index contributed by atoms with van der Waals surface area (Å²) in [7, 11) is 0. The number of rotatable bonds is 11. The van der Waals surface area contributed by atoms with Gasteiger partial charge >= 0.3 is 6.09 Å². The number of carbonyl (C=O) groups is 3. The van der Waals surface area contributed by atoms with Gasteiger partial charge in [-0.2, -0.15) is 0 Å². The van der Waals surface area contributed by atoms with Crippen molar-refractivity contribution in [3.05, 3.63) is 131 Å². The van der Waals surface area contributed by atoms with Gasteiger partial charge in [-0.25, -0.2) is 4.79 Å². The summed E-state index contributed by atoms with van der Waals surface area (Å²) < 4.78 is 30.8. The van der Waals surface area contributed by atoms with E-state index in [1.807, 2.05) is 97.1 Å². The van der Waals surface area contributed by atoms with E-state index in [4.69, 9.17) is 23.7 Å². The third-order valence-corrected chi connectivity index (χ3v) is 11.5. The van der Waals surface area contributed by atoms with Gasteiger partial charge in [0, 0.05) is 44.0 Å². The molecular weight excluding hydrogens is 727 g/mol. The molecule has 8 rings (SSSR count). The van der Waals surface area contributed by atoms with Crippen molar-refractivity contribution >= 4 is 17.9 Å². The quantitative estimate of drug-likeness (QED) is 0.174. The van der Waals surface area contributed by atoms with Crippen molar-refractivity contribution in [2.45, 2.75) is 76.3 Å². The zero-order valence-electron chi connectivity index (χ0n) is 32.1. The molecule has 4 saturated heterocycles. The number of carbonyl (C=O) groups excluding carboxylic acids is 3. The van der Waals surface area contributed by atoms with Crippen LogP contribution in [0.3, 0.4) is 0 Å². The molecule has 0 bridgehead atoms. The lowest BCUT2D eigenvalue weighted by Crippen LogP contribution is -2.50. The summed E-state index contributed by atoms with van der Waals surface area (Å²) in [5.74, 6) is -1.24. The van der Waals surface area contributed by atoms with Crippen LogP contribution in [0.15, 0.2) is 103 Å². The highest BCUT2D eigenvalue weighted by atomic mass is 16.7. The molecule has 57 heavy (non-hydrogen) atoms. The Kier molecular flexibility index (Phi) is 11.8. The minimum Gasteiger partial charge on any atom is -0.445 e. The first-order valence-electron chi connectivity index (χ1n) is 19.8. The van der Waals surface area contributed by atoms with Crippen molar-refractivity contribution in [3.8, 4) is 11.1 Å². The van der Waals surface area contributed by atoms with Crippen LogP contribution in [-0.4, -0.2) is 83.6 Å². The first kappa shape index (κ1) is 38.9. The monoisotopic (exact) mass is 775 g/mol. The van der Waals surface area contributed by atoms with Gasteiger partial charge in [-0.15, -0.1) is 0 Å². The number of nitrogens with one attached hydrogen (secondary N) is 1. The molecule has 5 unspecified atom stereocenters. The topological polar surface area (TPSA) is 136 Å². The average Bonchev–Trinajstić information content (AvgIpc) is 3.81. The Bertz CT molecular complexity index is 2030. The van der Waals surface area contributed by atoms with E-state index in [0.717, 1.165) is 71.4 Å². The number of ether oxygens (including phenoxy) is 5. The highest BCUT2D eigenvalue weighted by Gasteiger charge is 2.43. The fourth-order valence-electron chi connectivity index (χ4n) is 8.21. The molecule has 4 aliphatic rings. The summed E-state index contributed by atoms with van der Waals surface area (Å²) in [6, 6.07) is 32.0. The number of aliphatic hydroxyl groups is 1. The maximum atomic E-state index is 13.3. The molecule has 4 aromatic carbocycles. The van der Waals surface area contributed by atoms with Gasteiger partial charge in [0.05, 0.1) is 45.0 Å². The van der Waals surface area contributed by atoms with Gasteiger partial charge in [0.15, 0.2) is 12.1 Å². The third-order valence-electron chi connectivity index (χ3n) is 11.5. The van der Waals surface area contributed by atoms with E-state index in [2.05, 4.69) is 23.2 Å². The number of nitrogens with zero attached hydrogens (tertiary/aromatic N) is 2. The number of benzene rings is 4. The van der Waals surface area contributed by atoms with Crippen LogP contribution in [0.1, 0.15) is 66.4 Å². The van der Waals surface area contributed by atoms with Crippen LogP contribution in [0.4, 0.5) is 4.79 Å². The second-order valence-electron chi connectivity index (χ2n) is 15.3. The van der Waals surface area contributed by atoms with E-state index in [1.54, 1.807) is 0 Å². The van der Waals surface area contributed by atoms with E-state index in [-0.39, 0.29) is 50.2 Å². The van der Waals surface area contributed by atoms with Crippen molar-refractivity contribution in [2.24, 2.45) is 5.92 Å². The molecule has 2 N–H and O–H groups in total. The number of hydrogen-bond donors (Lipinski definition) is 2. The minimum absolute atomic E-state index is 0.0258. The van der Waals surface area contributed by atoms with Gasteiger partial charge in [0.1, 0.15) is 12.6 Å². The molecule has 0 aromatic heterocycles. The van der Waals surface area contributed by atoms with Gasteiger partial charge in [-0.1, -0.05) is 97.9 Å². The second-order valence-corrected chi connectivity index (χ2v) is 15.3. The molecule has 0 aliphatic carbocycles. The molecule has 12 heteroatoms. The smallest absolute Gasteiger partial charge is 0.408 e. The van der Waals surface area contributed by atoms with E-state index in [1.165, 1.54) is 4.90 Å². The molecular formula is C45H49N3O9. The van der Waals surface area contributed by atoms with Gasteiger partial charge in [-0.3, -0.25) is 14.5 Å². The van der Waals surface area contributed by atoms with Crippen molar-refractivity contribution < 1.29 is 43.2 Å². The molecule has 12 nitrogen and oxygen atoms in total. The Morgan fingerprint density at radius 1 is 0.825 bits per heavy atom. The van der Waals surface area contributed by atoms with Crippen LogP contribution in [0.5, 0.6) is 0 Å². The van der Waals surface area contributed by atoms with Crippen LogP contribution in [0.2, 0.25) is 0 Å². The van der Waals surface area contributed by atoms with Gasteiger partial charge < -0.3 is 39.0 Å². The summed E-state index contributed by atoms with van der Waals surface area (Å²) in [5.41, 5.74) is 6.16. The molecule has 1 spiro atoms. The fourth-order valence-corrected chi connectivity index (χ4v) is 8.21. The summed E-state index contributed by atoms with van der Waals surface area (Å²) in [6.45, 7) is 6.02. The Hall–Kier alpha value is -4.95. The number of amides is 3. The fraction of sp³-hybridized carbons (Fsp3) is 0.400. The van der Waals surface area contributed by atoms with Crippen molar-refractivity contribution in [1.29, 1.82) is 0 Å². The molecule has 0 saturated carbocycles. The maximum absolute atomic E-state index is 13.3. The van der Waals surface area contributed by atoms with Gasteiger partial charge in [-0.05, 0) is 45.5 Å². The Labute approximate surface area is 332 Å². The molecule has 4 heterocycles. The summed E-state index contributed by atoms with van der Waals surface area (Å²) >= 11 is 0. The van der Waals surface area contributed by atoms with E-state index >= 15 is 0 Å². The summed E-state index contributed by atoms with van der Waals surface area (Å²) in [6.07, 6.45) is -0.248. The number of hydrogen-bond acceptors (Lipinski definition) is 10. The highest BCUT2D eigenvalue weighted by molar-refractivity contribution is 6.06. The second kappa shape index (κ2) is 17.3. The molecule has 4 fully saturated rings. The maximum Gasteiger partial charge on any atom is 0.408 e. The molecule has 5 atom stereocenters. The number of aliphatic hydroxyl groups excluding tert-OH is 1. The molecule has 4 aromatic rings. The normalized spacial score (nSPS) is 24.9. The molecule has 3 amide bonds. The van der Waals surface area contributed by atoms with Gasteiger partial charge in [0.2, 0.25) is 5.91 Å². The van der Waals surface area contributed by atoms with E-state index < -0.39 is 30.1 Å². The molecule has 298 valence electrons. The lowest BCUT2D eigenvalue weighted by Gasteiger charge is -2.44. The van der Waals surface area contributed by atoms with E-state index in [9.17, 15) is 19.5 Å². The Morgan fingerprint density at radius 3 is 2.26 bits per heavy atom. The SMILES string of the molecule is CC1C(CN2CCC3(CC2)OCCO3)OC(c2cccc(-c3cccc(CN4C(=O)CC(NC(=O)OCc5ccccc5)C4=O)c3)c2)OC1c1ccc(CO)cc1. The largest absolute Gasteiger partial charge is 0.445 e. The van der Waals surface area contributed by atoms with Crippen molar-refractivity contribution in [3.63, 3.8) is 0 Å². The Balaban J connectivity index is 0.954.